The van der Waals surface area contributed by atoms with Crippen molar-refractivity contribution < 1.29 is 23.1 Å². The maximum atomic E-state index is 13.0. The highest BCUT2D eigenvalue weighted by Crippen LogP contribution is 2.48. The van der Waals surface area contributed by atoms with Gasteiger partial charge in [-0.15, -0.1) is 0 Å². The van der Waals surface area contributed by atoms with Gasteiger partial charge in [0, 0.05) is 19.5 Å². The summed E-state index contributed by atoms with van der Waals surface area (Å²) in [4.78, 5) is 12.8. The molecule has 0 amide bonds. The highest BCUT2D eigenvalue weighted by atomic mass is 35.5. The fourth-order valence-corrected chi connectivity index (χ4v) is 4.63. The number of carboxylic acid groups (broad SMARTS) is 1. The standard InChI is InChI=1S/C19H23ClF3NO2/c20-15-2-1-14(19(21,22)23)12-16(15)24-9-7-18(8-10-24)5-3-13(4-6-18)11-17(25)26/h1-2,12-13H,3-11H2,(H,25,26). The number of benzene rings is 1. The lowest BCUT2D eigenvalue weighted by molar-refractivity contribution is -0.139. The Balaban J connectivity index is 1.63. The Hall–Kier alpha value is -1.43. The van der Waals surface area contributed by atoms with Crippen molar-refractivity contribution in [3.05, 3.63) is 28.8 Å². The van der Waals surface area contributed by atoms with Gasteiger partial charge in [-0.05, 0) is 68.1 Å². The van der Waals surface area contributed by atoms with Crippen LogP contribution in [0.4, 0.5) is 18.9 Å². The third-order valence-electron chi connectivity index (χ3n) is 6.07. The molecule has 26 heavy (non-hydrogen) atoms. The van der Waals surface area contributed by atoms with Crippen LogP contribution in [0, 0.1) is 11.3 Å². The SMILES string of the molecule is O=C(O)CC1CCC2(CC1)CCN(c1cc(C(F)(F)F)ccc1Cl)CC2. The minimum absolute atomic E-state index is 0.208. The first-order chi connectivity index (χ1) is 12.2. The number of hydrogen-bond acceptors (Lipinski definition) is 2. The van der Waals surface area contributed by atoms with Crippen LogP contribution in [-0.4, -0.2) is 24.2 Å². The molecule has 1 saturated carbocycles. The lowest BCUT2D eigenvalue weighted by Gasteiger charge is -2.46. The van der Waals surface area contributed by atoms with Crippen molar-refractivity contribution in [2.75, 3.05) is 18.0 Å². The molecule has 0 atom stereocenters. The molecule has 7 heteroatoms. The van der Waals surface area contributed by atoms with E-state index in [9.17, 15) is 18.0 Å². The van der Waals surface area contributed by atoms with E-state index in [1.165, 1.54) is 6.07 Å². The van der Waals surface area contributed by atoms with Gasteiger partial charge in [0.2, 0.25) is 0 Å². The summed E-state index contributed by atoms with van der Waals surface area (Å²) in [7, 11) is 0. The molecule has 1 heterocycles. The topological polar surface area (TPSA) is 40.5 Å². The van der Waals surface area contributed by atoms with E-state index in [4.69, 9.17) is 16.7 Å². The molecular weight excluding hydrogens is 367 g/mol. The van der Waals surface area contributed by atoms with E-state index in [2.05, 4.69) is 0 Å². The molecule has 2 aliphatic rings. The largest absolute Gasteiger partial charge is 0.481 e. The quantitative estimate of drug-likeness (QED) is 0.730. The summed E-state index contributed by atoms with van der Waals surface area (Å²) in [5, 5.41) is 9.28. The van der Waals surface area contributed by atoms with Gasteiger partial charge in [0.15, 0.2) is 0 Å². The van der Waals surface area contributed by atoms with Crippen LogP contribution in [0.3, 0.4) is 0 Å². The third kappa shape index (κ3) is 4.27. The maximum Gasteiger partial charge on any atom is 0.416 e. The van der Waals surface area contributed by atoms with E-state index in [-0.39, 0.29) is 17.8 Å². The van der Waals surface area contributed by atoms with Gasteiger partial charge in [-0.25, -0.2) is 0 Å². The Morgan fingerprint density at radius 1 is 1.19 bits per heavy atom. The molecule has 1 aliphatic carbocycles. The van der Waals surface area contributed by atoms with Gasteiger partial charge in [0.25, 0.3) is 0 Å². The number of aliphatic carboxylic acids is 1. The van der Waals surface area contributed by atoms with E-state index >= 15 is 0 Å². The van der Waals surface area contributed by atoms with Crippen molar-refractivity contribution in [2.24, 2.45) is 11.3 Å². The Labute approximate surface area is 156 Å². The van der Waals surface area contributed by atoms with E-state index in [1.807, 2.05) is 4.90 Å². The van der Waals surface area contributed by atoms with Crippen molar-refractivity contribution in [1.82, 2.24) is 0 Å². The number of anilines is 1. The summed E-state index contributed by atoms with van der Waals surface area (Å²) in [6.07, 6.45) is 1.57. The van der Waals surface area contributed by atoms with Crippen LogP contribution in [0.2, 0.25) is 5.02 Å². The fraction of sp³-hybridized carbons (Fsp3) is 0.632. The molecule has 0 unspecified atom stereocenters. The highest BCUT2D eigenvalue weighted by molar-refractivity contribution is 6.33. The molecule has 1 aliphatic heterocycles. The average molecular weight is 390 g/mol. The van der Waals surface area contributed by atoms with Crippen LogP contribution in [0.5, 0.6) is 0 Å². The van der Waals surface area contributed by atoms with Crippen LogP contribution in [0.25, 0.3) is 0 Å². The smallest absolute Gasteiger partial charge is 0.416 e. The Morgan fingerprint density at radius 2 is 1.81 bits per heavy atom. The molecule has 3 nitrogen and oxygen atoms in total. The Morgan fingerprint density at radius 3 is 2.35 bits per heavy atom. The van der Waals surface area contributed by atoms with E-state index < -0.39 is 17.7 Å². The molecule has 1 saturated heterocycles. The lowest BCUT2D eigenvalue weighted by Crippen LogP contribution is -2.42. The van der Waals surface area contributed by atoms with Crippen molar-refractivity contribution in [3.8, 4) is 0 Å². The molecule has 1 aromatic rings. The Bertz CT molecular complexity index is 659. The second kappa shape index (κ2) is 7.29. The maximum absolute atomic E-state index is 13.0. The molecule has 3 rings (SSSR count). The molecule has 0 bridgehead atoms. The number of alkyl halides is 3. The summed E-state index contributed by atoms with van der Waals surface area (Å²) < 4.78 is 38.9. The molecule has 2 fully saturated rings. The monoisotopic (exact) mass is 389 g/mol. The number of nitrogens with zero attached hydrogens (tertiary/aromatic N) is 1. The summed E-state index contributed by atoms with van der Waals surface area (Å²) in [6.45, 7) is 1.37. The van der Waals surface area contributed by atoms with Crippen LogP contribution in [-0.2, 0) is 11.0 Å². The number of halogens is 4. The van der Waals surface area contributed by atoms with E-state index in [0.29, 0.717) is 23.8 Å². The van der Waals surface area contributed by atoms with Gasteiger partial charge < -0.3 is 10.0 Å². The van der Waals surface area contributed by atoms with Crippen molar-refractivity contribution >= 4 is 23.3 Å². The van der Waals surface area contributed by atoms with Gasteiger partial charge in [0.1, 0.15) is 0 Å². The van der Waals surface area contributed by atoms with Crippen LogP contribution in [0.1, 0.15) is 50.5 Å². The number of rotatable bonds is 3. The minimum atomic E-state index is -4.38. The molecule has 0 aromatic heterocycles. The van der Waals surface area contributed by atoms with E-state index in [0.717, 1.165) is 50.7 Å². The van der Waals surface area contributed by atoms with Gasteiger partial charge in [-0.2, -0.15) is 13.2 Å². The molecule has 1 N–H and O–H groups in total. The lowest BCUT2D eigenvalue weighted by atomic mass is 9.65. The number of carbonyl (C=O) groups is 1. The minimum Gasteiger partial charge on any atom is -0.481 e. The molecule has 1 spiro atoms. The van der Waals surface area contributed by atoms with Gasteiger partial charge in [0.05, 0.1) is 16.3 Å². The predicted molar refractivity (Wildman–Crippen MR) is 94.5 cm³/mol. The summed E-state index contributed by atoms with van der Waals surface area (Å²) in [5.74, 6) is -0.478. The molecule has 144 valence electrons. The van der Waals surface area contributed by atoms with Crippen molar-refractivity contribution in [3.63, 3.8) is 0 Å². The van der Waals surface area contributed by atoms with Crippen LogP contribution >= 0.6 is 11.6 Å². The van der Waals surface area contributed by atoms with Crippen LogP contribution in [0.15, 0.2) is 18.2 Å². The number of carboxylic acids is 1. The second-order valence-electron chi connectivity index (χ2n) is 7.69. The van der Waals surface area contributed by atoms with Gasteiger partial charge in [-0.1, -0.05) is 11.6 Å². The molecule has 1 aromatic carbocycles. The zero-order valence-corrected chi connectivity index (χ0v) is 15.2. The summed E-state index contributed by atoms with van der Waals surface area (Å²) in [5.41, 5.74) is -0.0122. The molecule has 0 radical (unpaired) electrons. The fourth-order valence-electron chi connectivity index (χ4n) is 4.39. The summed E-state index contributed by atoms with van der Waals surface area (Å²) in [6, 6.07) is 3.48. The van der Waals surface area contributed by atoms with Gasteiger partial charge in [-0.3, -0.25) is 4.79 Å². The zero-order valence-electron chi connectivity index (χ0n) is 14.5. The first-order valence-electron chi connectivity index (χ1n) is 9.02. The number of piperidine rings is 1. The van der Waals surface area contributed by atoms with Crippen LogP contribution < -0.4 is 4.90 Å². The van der Waals surface area contributed by atoms with Crippen molar-refractivity contribution in [1.29, 1.82) is 0 Å². The second-order valence-corrected chi connectivity index (χ2v) is 8.10. The summed E-state index contributed by atoms with van der Waals surface area (Å²) >= 11 is 6.16. The van der Waals surface area contributed by atoms with E-state index in [1.54, 1.807) is 0 Å². The third-order valence-corrected chi connectivity index (χ3v) is 6.39. The Kier molecular flexibility index (Phi) is 5.42. The first-order valence-corrected chi connectivity index (χ1v) is 9.40. The zero-order chi connectivity index (χ0) is 18.9. The first kappa shape index (κ1) is 19.3. The average Bonchev–Trinajstić information content (AvgIpc) is 2.57. The van der Waals surface area contributed by atoms with Crippen molar-refractivity contribution in [2.45, 2.75) is 51.1 Å². The van der Waals surface area contributed by atoms with Gasteiger partial charge >= 0.3 is 12.1 Å². The molecular formula is C19H23ClF3NO2. The number of hydrogen-bond donors (Lipinski definition) is 1. The normalized spacial score (nSPS) is 21.2. The predicted octanol–water partition coefficient (Wildman–Crippen LogP) is 5.61. The highest BCUT2D eigenvalue weighted by Gasteiger charge is 2.39.